The molecule has 0 aliphatic carbocycles. The van der Waals surface area contributed by atoms with E-state index in [4.69, 9.17) is 16.7 Å². The minimum atomic E-state index is -4.72. The van der Waals surface area contributed by atoms with E-state index in [-0.39, 0.29) is 12.4 Å². The van der Waals surface area contributed by atoms with E-state index in [0.29, 0.717) is 22.0 Å². The fraction of sp³-hybridized carbons (Fsp3) is 0.154. The second kappa shape index (κ2) is 5.68. The van der Waals surface area contributed by atoms with E-state index in [1.54, 1.807) is 12.1 Å². The Balaban J connectivity index is 2.26. The van der Waals surface area contributed by atoms with Gasteiger partial charge in [0.15, 0.2) is 0 Å². The predicted octanol–water partition coefficient (Wildman–Crippen LogP) is 3.79. The molecule has 0 spiro atoms. The zero-order valence-corrected chi connectivity index (χ0v) is 10.7. The number of hydrogen-bond acceptors (Lipinski definition) is 3. The van der Waals surface area contributed by atoms with Crippen LogP contribution >= 0.6 is 11.6 Å². The lowest BCUT2D eigenvalue weighted by Gasteiger charge is -2.09. The van der Waals surface area contributed by atoms with Gasteiger partial charge in [-0.1, -0.05) is 11.6 Å². The molecule has 0 aliphatic rings. The fourth-order valence-corrected chi connectivity index (χ4v) is 1.75. The third-order valence-electron chi connectivity index (χ3n) is 2.45. The molecule has 0 aliphatic heterocycles. The van der Waals surface area contributed by atoms with Gasteiger partial charge in [0.2, 0.25) is 0 Å². The first-order chi connectivity index (χ1) is 9.39. The van der Waals surface area contributed by atoms with Crippen molar-refractivity contribution in [1.29, 1.82) is 0 Å². The lowest BCUT2D eigenvalue weighted by atomic mass is 10.1. The van der Waals surface area contributed by atoms with E-state index in [2.05, 4.69) is 9.72 Å². The SMILES string of the molecule is OCc1nc(-c2ccc(OC(F)(F)F)cc2)ccc1Cl. The van der Waals surface area contributed by atoms with Crippen molar-refractivity contribution in [3.63, 3.8) is 0 Å². The predicted molar refractivity (Wildman–Crippen MR) is 67.3 cm³/mol. The highest BCUT2D eigenvalue weighted by Crippen LogP contribution is 2.27. The van der Waals surface area contributed by atoms with Crippen molar-refractivity contribution in [2.24, 2.45) is 0 Å². The summed E-state index contributed by atoms with van der Waals surface area (Å²) in [5, 5.41) is 9.40. The Bertz CT molecular complexity index is 600. The van der Waals surface area contributed by atoms with Crippen LogP contribution in [0.2, 0.25) is 5.02 Å². The lowest BCUT2D eigenvalue weighted by Crippen LogP contribution is -2.16. The molecule has 0 saturated heterocycles. The van der Waals surface area contributed by atoms with Crippen molar-refractivity contribution in [2.75, 3.05) is 0 Å². The largest absolute Gasteiger partial charge is 0.573 e. The molecule has 1 heterocycles. The zero-order valence-electron chi connectivity index (χ0n) is 9.99. The van der Waals surface area contributed by atoms with Crippen molar-refractivity contribution in [2.45, 2.75) is 13.0 Å². The zero-order chi connectivity index (χ0) is 14.8. The smallest absolute Gasteiger partial charge is 0.406 e. The number of pyridine rings is 1. The highest BCUT2D eigenvalue weighted by Gasteiger charge is 2.30. The van der Waals surface area contributed by atoms with Crippen LogP contribution in [0.25, 0.3) is 11.3 Å². The standard InChI is InChI=1S/C13H9ClF3NO2/c14-10-5-6-11(18-12(10)7-19)8-1-3-9(4-2-8)20-13(15,16)17/h1-6,19H,7H2. The molecular formula is C13H9ClF3NO2. The maximum atomic E-state index is 12.0. The molecule has 7 heteroatoms. The van der Waals surface area contributed by atoms with Crippen molar-refractivity contribution in [3.05, 3.63) is 47.1 Å². The summed E-state index contributed by atoms with van der Waals surface area (Å²) < 4.78 is 39.9. The van der Waals surface area contributed by atoms with Gasteiger partial charge in [-0.25, -0.2) is 4.98 Å². The highest BCUT2D eigenvalue weighted by molar-refractivity contribution is 6.31. The minimum absolute atomic E-state index is 0.305. The maximum absolute atomic E-state index is 12.0. The molecule has 0 atom stereocenters. The normalized spacial score (nSPS) is 11.4. The molecule has 1 aromatic carbocycles. The number of halogens is 4. The highest BCUT2D eigenvalue weighted by atomic mass is 35.5. The first-order valence-electron chi connectivity index (χ1n) is 5.51. The van der Waals surface area contributed by atoms with Crippen LogP contribution in [-0.2, 0) is 6.61 Å². The Kier molecular flexibility index (Phi) is 4.15. The van der Waals surface area contributed by atoms with E-state index in [0.717, 1.165) is 0 Å². The van der Waals surface area contributed by atoms with Crippen molar-refractivity contribution in [3.8, 4) is 17.0 Å². The van der Waals surface area contributed by atoms with Gasteiger partial charge in [-0.05, 0) is 36.4 Å². The van der Waals surface area contributed by atoms with Gasteiger partial charge in [-0.15, -0.1) is 13.2 Å². The Labute approximate surface area is 117 Å². The lowest BCUT2D eigenvalue weighted by molar-refractivity contribution is -0.274. The Hall–Kier alpha value is -1.79. The van der Waals surface area contributed by atoms with Crippen LogP contribution in [0.5, 0.6) is 5.75 Å². The molecule has 1 N–H and O–H groups in total. The number of nitrogens with zero attached hydrogens (tertiary/aromatic N) is 1. The first-order valence-corrected chi connectivity index (χ1v) is 5.89. The van der Waals surface area contributed by atoms with E-state index < -0.39 is 6.36 Å². The summed E-state index contributed by atoms with van der Waals surface area (Å²) in [4.78, 5) is 4.12. The summed E-state index contributed by atoms with van der Waals surface area (Å²) >= 11 is 5.81. The molecule has 2 rings (SSSR count). The third kappa shape index (κ3) is 3.61. The number of benzene rings is 1. The molecule has 0 saturated carbocycles. The van der Waals surface area contributed by atoms with E-state index >= 15 is 0 Å². The average Bonchev–Trinajstić information content (AvgIpc) is 2.38. The Morgan fingerprint density at radius 3 is 2.30 bits per heavy atom. The van der Waals surface area contributed by atoms with Gasteiger partial charge in [0.05, 0.1) is 23.0 Å². The number of aromatic nitrogens is 1. The number of hydrogen-bond donors (Lipinski definition) is 1. The quantitative estimate of drug-likeness (QED) is 0.938. The van der Waals surface area contributed by atoms with Gasteiger partial charge < -0.3 is 9.84 Å². The van der Waals surface area contributed by atoms with Crippen molar-refractivity contribution in [1.82, 2.24) is 4.98 Å². The average molecular weight is 304 g/mol. The molecule has 0 radical (unpaired) electrons. The minimum Gasteiger partial charge on any atom is -0.406 e. The van der Waals surface area contributed by atoms with Gasteiger partial charge in [0.1, 0.15) is 5.75 Å². The molecular weight excluding hydrogens is 295 g/mol. The van der Waals surface area contributed by atoms with Crippen molar-refractivity contribution >= 4 is 11.6 Å². The Morgan fingerprint density at radius 1 is 1.10 bits per heavy atom. The van der Waals surface area contributed by atoms with Crippen LogP contribution < -0.4 is 4.74 Å². The number of aliphatic hydroxyl groups excluding tert-OH is 1. The topological polar surface area (TPSA) is 42.4 Å². The summed E-state index contributed by atoms with van der Waals surface area (Å²) in [6, 6.07) is 8.45. The summed E-state index contributed by atoms with van der Waals surface area (Å²) in [5.41, 5.74) is 1.39. The number of rotatable bonds is 3. The molecule has 0 amide bonds. The van der Waals surface area contributed by atoms with Crippen LogP contribution in [0.1, 0.15) is 5.69 Å². The number of ether oxygens (including phenoxy) is 1. The molecule has 1 aromatic heterocycles. The van der Waals surface area contributed by atoms with Gasteiger partial charge in [0, 0.05) is 5.56 Å². The third-order valence-corrected chi connectivity index (χ3v) is 2.80. The van der Waals surface area contributed by atoms with Crippen molar-refractivity contribution < 1.29 is 23.0 Å². The van der Waals surface area contributed by atoms with Crippen LogP contribution in [0.4, 0.5) is 13.2 Å². The van der Waals surface area contributed by atoms with Crippen LogP contribution in [0, 0.1) is 0 Å². The second-order valence-corrected chi connectivity index (χ2v) is 4.26. The van der Waals surface area contributed by atoms with Crippen LogP contribution in [-0.4, -0.2) is 16.5 Å². The first kappa shape index (κ1) is 14.6. The molecule has 0 fully saturated rings. The summed E-state index contributed by atoms with van der Waals surface area (Å²) in [6.07, 6.45) is -4.72. The van der Waals surface area contributed by atoms with E-state index in [1.165, 1.54) is 24.3 Å². The van der Waals surface area contributed by atoms with Gasteiger partial charge in [0.25, 0.3) is 0 Å². The Morgan fingerprint density at radius 2 is 1.75 bits per heavy atom. The summed E-state index contributed by atoms with van der Waals surface area (Å²) in [6.45, 7) is -0.318. The fourth-order valence-electron chi connectivity index (χ4n) is 1.58. The maximum Gasteiger partial charge on any atom is 0.573 e. The monoisotopic (exact) mass is 303 g/mol. The van der Waals surface area contributed by atoms with Gasteiger partial charge in [-0.2, -0.15) is 0 Å². The number of alkyl halides is 3. The second-order valence-electron chi connectivity index (χ2n) is 3.86. The molecule has 3 nitrogen and oxygen atoms in total. The van der Waals surface area contributed by atoms with Crippen LogP contribution in [0.3, 0.4) is 0 Å². The molecule has 0 unspecified atom stereocenters. The van der Waals surface area contributed by atoms with E-state index in [9.17, 15) is 13.2 Å². The van der Waals surface area contributed by atoms with Gasteiger partial charge >= 0.3 is 6.36 Å². The molecule has 20 heavy (non-hydrogen) atoms. The molecule has 2 aromatic rings. The molecule has 106 valence electrons. The van der Waals surface area contributed by atoms with E-state index in [1.807, 2.05) is 0 Å². The van der Waals surface area contributed by atoms with Gasteiger partial charge in [-0.3, -0.25) is 0 Å². The summed E-state index contributed by atoms with van der Waals surface area (Å²) in [7, 11) is 0. The molecule has 0 bridgehead atoms. The van der Waals surface area contributed by atoms with Crippen LogP contribution in [0.15, 0.2) is 36.4 Å². The number of aliphatic hydroxyl groups is 1. The summed E-state index contributed by atoms with van der Waals surface area (Å²) in [5.74, 6) is -0.308.